The molecule has 0 spiro atoms. The molecule has 2 N–H and O–H groups in total. The Morgan fingerprint density at radius 2 is 2.09 bits per heavy atom. The third kappa shape index (κ3) is 3.05. The third-order valence-electron chi connectivity index (χ3n) is 2.92. The summed E-state index contributed by atoms with van der Waals surface area (Å²) in [6.07, 6.45) is -1.31. The lowest BCUT2D eigenvalue weighted by Gasteiger charge is -2.27. The number of nitrogens with one attached hydrogen (secondary N) is 1. The molecule has 1 aromatic carbocycles. The van der Waals surface area contributed by atoms with Gasteiger partial charge in [-0.1, -0.05) is 18.1 Å². The number of aromatic nitrogens is 1. The van der Waals surface area contributed by atoms with Crippen molar-refractivity contribution >= 4 is 27.5 Å². The largest absolute Gasteiger partial charge is 0.424 e. The quantitative estimate of drug-likeness (QED) is 0.846. The molecule has 4 nitrogen and oxygen atoms in total. The van der Waals surface area contributed by atoms with Crippen LogP contribution < -0.4 is 5.32 Å². The predicted molar refractivity (Wildman–Crippen MR) is 76.0 cm³/mol. The van der Waals surface area contributed by atoms with Crippen LogP contribution in [0.15, 0.2) is 24.3 Å². The van der Waals surface area contributed by atoms with Crippen LogP contribution in [-0.2, 0) is 10.4 Å². The number of carbonyl (C=O) groups is 1. The first-order valence-electron chi connectivity index (χ1n) is 6.13. The lowest BCUT2D eigenvalue weighted by Crippen LogP contribution is -2.46. The van der Waals surface area contributed by atoms with Crippen LogP contribution in [0, 0.1) is 12.3 Å². The van der Waals surface area contributed by atoms with Crippen molar-refractivity contribution in [2.75, 3.05) is 6.54 Å². The zero-order chi connectivity index (χ0) is 16.4. The number of nitrogens with zero attached hydrogens (tertiary/aromatic N) is 1. The molecule has 0 aliphatic heterocycles. The molecule has 0 fully saturated rings. The molecule has 0 saturated carbocycles. The molecule has 2 aromatic rings. The van der Waals surface area contributed by atoms with E-state index in [9.17, 15) is 23.1 Å². The number of amides is 1. The molecular formula is C14H11F3N2O2S. The molecule has 8 heteroatoms. The number of thiazole rings is 1. The van der Waals surface area contributed by atoms with Gasteiger partial charge in [0.05, 0.1) is 23.2 Å². The zero-order valence-corrected chi connectivity index (χ0v) is 12.0. The Balaban J connectivity index is 2.41. The summed E-state index contributed by atoms with van der Waals surface area (Å²) in [5, 5.41) is 11.6. The highest BCUT2D eigenvalue weighted by Crippen LogP contribution is 2.44. The minimum absolute atomic E-state index is 0.216. The van der Waals surface area contributed by atoms with Crippen LogP contribution >= 0.6 is 11.3 Å². The van der Waals surface area contributed by atoms with E-state index < -0.39 is 29.1 Å². The molecule has 1 atom stereocenters. The average molecular weight is 328 g/mol. The number of terminal acetylenes is 1. The Hall–Kier alpha value is -2.11. The Labute approximate surface area is 128 Å². The summed E-state index contributed by atoms with van der Waals surface area (Å²) >= 11 is 0.695. The van der Waals surface area contributed by atoms with Gasteiger partial charge in [0, 0.05) is 0 Å². The summed E-state index contributed by atoms with van der Waals surface area (Å²) in [4.78, 5) is 15.4. The molecule has 1 aromatic heterocycles. The van der Waals surface area contributed by atoms with Crippen molar-refractivity contribution in [3.63, 3.8) is 0 Å². The van der Waals surface area contributed by atoms with Crippen LogP contribution in [0.4, 0.5) is 13.2 Å². The smallest absolute Gasteiger partial charge is 0.374 e. The van der Waals surface area contributed by atoms with Crippen LogP contribution in [-0.4, -0.2) is 28.7 Å². The molecular weight excluding hydrogens is 317 g/mol. The fourth-order valence-corrected chi connectivity index (χ4v) is 2.86. The number of rotatable bonds is 4. The Kier molecular flexibility index (Phi) is 4.39. The number of fused-ring (bicyclic) bond motifs is 1. The first-order valence-corrected chi connectivity index (χ1v) is 6.95. The monoisotopic (exact) mass is 328 g/mol. The molecule has 1 heterocycles. The van der Waals surface area contributed by atoms with Gasteiger partial charge in [-0.05, 0) is 12.1 Å². The molecule has 1 unspecified atom stereocenters. The van der Waals surface area contributed by atoms with Gasteiger partial charge in [-0.2, -0.15) is 13.2 Å². The van der Waals surface area contributed by atoms with Gasteiger partial charge in [0.2, 0.25) is 11.5 Å². The Bertz CT molecular complexity index is 702. The van der Waals surface area contributed by atoms with Gasteiger partial charge in [0.1, 0.15) is 5.01 Å². The predicted octanol–water partition coefficient (Wildman–Crippen LogP) is 2.19. The van der Waals surface area contributed by atoms with Crippen molar-refractivity contribution in [1.29, 1.82) is 0 Å². The van der Waals surface area contributed by atoms with E-state index in [2.05, 4.69) is 16.2 Å². The van der Waals surface area contributed by atoms with Crippen LogP contribution in [0.25, 0.3) is 10.2 Å². The SMILES string of the molecule is C#CCNC(=O)CC(O)(c1nc2ccccc2s1)C(F)(F)F. The van der Waals surface area contributed by atoms with Gasteiger partial charge in [-0.3, -0.25) is 4.79 Å². The normalized spacial score (nSPS) is 14.3. The van der Waals surface area contributed by atoms with Crippen molar-refractivity contribution in [3.8, 4) is 12.3 Å². The number of alkyl halides is 3. The summed E-state index contributed by atoms with van der Waals surface area (Å²) in [6.45, 7) is -0.216. The number of hydrogen-bond acceptors (Lipinski definition) is 4. The van der Waals surface area contributed by atoms with Gasteiger partial charge in [0.25, 0.3) is 0 Å². The van der Waals surface area contributed by atoms with Crippen LogP contribution in [0.5, 0.6) is 0 Å². The van der Waals surface area contributed by atoms with Gasteiger partial charge in [-0.25, -0.2) is 4.98 Å². The van der Waals surface area contributed by atoms with Crippen LogP contribution in [0.2, 0.25) is 0 Å². The standard InChI is InChI=1S/C14H11F3N2O2S/c1-2-7-18-11(20)8-13(21,14(15,16)17)12-19-9-5-3-4-6-10(9)22-12/h1,3-6,21H,7-8H2,(H,18,20). The average Bonchev–Trinajstić information content (AvgIpc) is 2.88. The van der Waals surface area contributed by atoms with Crippen molar-refractivity contribution in [1.82, 2.24) is 10.3 Å². The van der Waals surface area contributed by atoms with Gasteiger partial charge in [-0.15, -0.1) is 17.8 Å². The minimum Gasteiger partial charge on any atom is -0.374 e. The maximum atomic E-state index is 13.3. The maximum absolute atomic E-state index is 13.3. The number of halogens is 3. The number of carbonyl (C=O) groups excluding carboxylic acids is 1. The molecule has 116 valence electrons. The summed E-state index contributed by atoms with van der Waals surface area (Å²) in [6, 6.07) is 6.39. The van der Waals surface area contributed by atoms with Crippen molar-refractivity contribution in [2.45, 2.75) is 18.2 Å². The third-order valence-corrected chi connectivity index (χ3v) is 4.11. The van der Waals surface area contributed by atoms with E-state index in [4.69, 9.17) is 6.42 Å². The maximum Gasteiger partial charge on any atom is 0.424 e. The number of benzene rings is 1. The topological polar surface area (TPSA) is 62.2 Å². The fourth-order valence-electron chi connectivity index (χ4n) is 1.79. The van der Waals surface area contributed by atoms with Crippen LogP contribution in [0.1, 0.15) is 11.4 Å². The first kappa shape index (κ1) is 16.3. The summed E-state index contributed by atoms with van der Waals surface area (Å²) in [7, 11) is 0. The second-order valence-corrected chi connectivity index (χ2v) is 5.53. The van der Waals surface area contributed by atoms with E-state index in [1.54, 1.807) is 18.2 Å². The zero-order valence-electron chi connectivity index (χ0n) is 11.1. The molecule has 1 amide bonds. The summed E-state index contributed by atoms with van der Waals surface area (Å²) < 4.78 is 40.4. The lowest BCUT2D eigenvalue weighted by atomic mass is 9.99. The van der Waals surface area contributed by atoms with E-state index in [-0.39, 0.29) is 6.54 Å². The van der Waals surface area contributed by atoms with Crippen molar-refractivity contribution in [3.05, 3.63) is 29.3 Å². The minimum atomic E-state index is -5.05. The number of hydrogen-bond donors (Lipinski definition) is 2. The lowest BCUT2D eigenvalue weighted by molar-refractivity contribution is -0.267. The van der Waals surface area contributed by atoms with Gasteiger partial charge in [0.15, 0.2) is 0 Å². The highest BCUT2D eigenvalue weighted by molar-refractivity contribution is 7.18. The van der Waals surface area contributed by atoms with Crippen molar-refractivity contribution in [2.24, 2.45) is 0 Å². The number of para-hydroxylation sites is 1. The molecule has 0 aliphatic rings. The Morgan fingerprint density at radius 3 is 2.68 bits per heavy atom. The van der Waals surface area contributed by atoms with E-state index >= 15 is 0 Å². The summed E-state index contributed by atoms with van der Waals surface area (Å²) in [5.74, 6) is 1.07. The molecule has 22 heavy (non-hydrogen) atoms. The van der Waals surface area contributed by atoms with Gasteiger partial charge < -0.3 is 10.4 Å². The molecule has 0 radical (unpaired) electrons. The van der Waals surface area contributed by atoms with E-state index in [0.717, 1.165) is 0 Å². The van der Waals surface area contributed by atoms with Crippen molar-refractivity contribution < 1.29 is 23.1 Å². The second kappa shape index (κ2) is 5.94. The molecule has 0 aliphatic carbocycles. The molecule has 0 saturated heterocycles. The summed E-state index contributed by atoms with van der Waals surface area (Å²) in [5.41, 5.74) is -3.02. The van der Waals surface area contributed by atoms with E-state index in [1.807, 2.05) is 0 Å². The molecule has 2 rings (SSSR count). The fraction of sp³-hybridized carbons (Fsp3) is 0.286. The van der Waals surface area contributed by atoms with E-state index in [1.165, 1.54) is 6.07 Å². The second-order valence-electron chi connectivity index (χ2n) is 4.50. The highest BCUT2D eigenvalue weighted by atomic mass is 32.1. The van der Waals surface area contributed by atoms with Gasteiger partial charge >= 0.3 is 6.18 Å². The van der Waals surface area contributed by atoms with E-state index in [0.29, 0.717) is 21.6 Å². The highest BCUT2D eigenvalue weighted by Gasteiger charge is 2.58. The Morgan fingerprint density at radius 1 is 1.41 bits per heavy atom. The molecule has 0 bridgehead atoms. The first-order chi connectivity index (χ1) is 10.3. The van der Waals surface area contributed by atoms with Crippen LogP contribution in [0.3, 0.4) is 0 Å². The number of aliphatic hydroxyl groups is 1.